The number of nitrogens with one attached hydrogen (secondary N) is 1. The molecule has 5 heteroatoms. The van der Waals surface area contributed by atoms with Gasteiger partial charge in [-0.2, -0.15) is 0 Å². The predicted octanol–water partition coefficient (Wildman–Crippen LogP) is 1.42. The van der Waals surface area contributed by atoms with Gasteiger partial charge in [0.2, 0.25) is 11.8 Å². The molecule has 1 aliphatic carbocycles. The van der Waals surface area contributed by atoms with Gasteiger partial charge in [-0.1, -0.05) is 36.8 Å². The monoisotopic (exact) mass is 315 g/mol. The van der Waals surface area contributed by atoms with Crippen LogP contribution in [0.15, 0.2) is 30.3 Å². The van der Waals surface area contributed by atoms with Crippen molar-refractivity contribution in [2.45, 2.75) is 50.7 Å². The number of amides is 2. The molecule has 1 aromatic rings. The molecule has 0 radical (unpaired) electrons. The minimum Gasteiger partial charge on any atom is -0.344 e. The minimum atomic E-state index is -0.371. The molecule has 0 bridgehead atoms. The number of benzene rings is 1. The van der Waals surface area contributed by atoms with Crippen LogP contribution in [0.25, 0.3) is 0 Å². The van der Waals surface area contributed by atoms with E-state index in [1.807, 2.05) is 35.2 Å². The smallest absolute Gasteiger partial charge is 0.245 e. The largest absolute Gasteiger partial charge is 0.344 e. The Labute approximate surface area is 137 Å². The summed E-state index contributed by atoms with van der Waals surface area (Å²) in [6.07, 6.45) is 4.27. The van der Waals surface area contributed by atoms with Crippen LogP contribution in [0, 0.1) is 5.92 Å². The third-order valence-electron chi connectivity index (χ3n) is 5.01. The van der Waals surface area contributed by atoms with Gasteiger partial charge >= 0.3 is 0 Å². The van der Waals surface area contributed by atoms with Gasteiger partial charge in [0.15, 0.2) is 0 Å². The lowest BCUT2D eigenvalue weighted by atomic mass is 9.99. The molecule has 3 atom stereocenters. The van der Waals surface area contributed by atoms with E-state index in [0.717, 1.165) is 24.8 Å². The van der Waals surface area contributed by atoms with Crippen LogP contribution in [0.3, 0.4) is 0 Å². The average molecular weight is 315 g/mol. The van der Waals surface area contributed by atoms with Crippen LogP contribution >= 0.6 is 0 Å². The number of nitrogens with zero attached hydrogens (tertiary/aromatic N) is 1. The first-order valence-corrected chi connectivity index (χ1v) is 8.51. The molecular formula is C18H25N3O2. The number of carbonyl (C=O) groups is 2. The first-order valence-electron chi connectivity index (χ1n) is 8.51. The number of likely N-dealkylation sites (tertiary alicyclic amines) is 1. The highest BCUT2D eigenvalue weighted by molar-refractivity contribution is 5.89. The van der Waals surface area contributed by atoms with E-state index in [4.69, 9.17) is 5.73 Å². The van der Waals surface area contributed by atoms with E-state index in [0.29, 0.717) is 25.9 Å². The fraction of sp³-hybridized carbons (Fsp3) is 0.556. The summed E-state index contributed by atoms with van der Waals surface area (Å²) < 4.78 is 0. The first kappa shape index (κ1) is 16.0. The second-order valence-electron chi connectivity index (χ2n) is 6.71. The van der Waals surface area contributed by atoms with Crippen molar-refractivity contribution < 1.29 is 9.59 Å². The van der Waals surface area contributed by atoms with E-state index in [1.165, 1.54) is 0 Å². The summed E-state index contributed by atoms with van der Waals surface area (Å²) in [4.78, 5) is 26.4. The van der Waals surface area contributed by atoms with Gasteiger partial charge in [0.05, 0.1) is 0 Å². The van der Waals surface area contributed by atoms with Crippen LogP contribution in [-0.4, -0.2) is 35.3 Å². The molecule has 1 aromatic carbocycles. The Bertz CT molecular complexity index is 561. The van der Waals surface area contributed by atoms with Crippen LogP contribution in [0.4, 0.5) is 0 Å². The SMILES string of the molecule is N[C@@H]1CCC[C@H]1CC(=O)NC1CCN(Cc2ccccc2)C1=O. The maximum atomic E-state index is 12.4. The zero-order valence-corrected chi connectivity index (χ0v) is 13.4. The highest BCUT2D eigenvalue weighted by atomic mass is 16.2. The van der Waals surface area contributed by atoms with Crippen molar-refractivity contribution in [1.82, 2.24) is 10.2 Å². The van der Waals surface area contributed by atoms with Crippen molar-refractivity contribution in [1.29, 1.82) is 0 Å². The summed E-state index contributed by atoms with van der Waals surface area (Å²) in [5, 5.41) is 2.91. The van der Waals surface area contributed by atoms with Gasteiger partial charge in [0.1, 0.15) is 6.04 Å². The van der Waals surface area contributed by atoms with E-state index in [9.17, 15) is 9.59 Å². The van der Waals surface area contributed by atoms with Crippen LogP contribution in [0.2, 0.25) is 0 Å². The van der Waals surface area contributed by atoms with Gasteiger partial charge in [0.25, 0.3) is 0 Å². The van der Waals surface area contributed by atoms with Gasteiger partial charge in [-0.25, -0.2) is 0 Å². The quantitative estimate of drug-likeness (QED) is 0.863. The highest BCUT2D eigenvalue weighted by Crippen LogP contribution is 2.27. The Hall–Kier alpha value is -1.88. The number of hydrogen-bond donors (Lipinski definition) is 2. The molecule has 3 N–H and O–H groups in total. The Morgan fingerprint density at radius 2 is 2.00 bits per heavy atom. The fourth-order valence-corrected chi connectivity index (χ4v) is 3.64. The van der Waals surface area contributed by atoms with Crippen molar-refractivity contribution >= 4 is 11.8 Å². The Morgan fingerprint density at radius 1 is 1.22 bits per heavy atom. The molecule has 1 saturated carbocycles. The molecule has 2 aliphatic rings. The van der Waals surface area contributed by atoms with Gasteiger partial charge in [-0.15, -0.1) is 0 Å². The molecule has 1 saturated heterocycles. The third-order valence-corrected chi connectivity index (χ3v) is 5.01. The molecule has 3 rings (SSSR count). The zero-order valence-electron chi connectivity index (χ0n) is 13.4. The Kier molecular flexibility index (Phi) is 4.96. The van der Waals surface area contributed by atoms with Gasteiger partial charge in [-0.3, -0.25) is 9.59 Å². The third kappa shape index (κ3) is 3.91. The molecular weight excluding hydrogens is 290 g/mol. The summed E-state index contributed by atoms with van der Waals surface area (Å²) in [6, 6.07) is 9.70. The van der Waals surface area contributed by atoms with Gasteiger partial charge in [-0.05, 0) is 30.7 Å². The molecule has 1 unspecified atom stereocenters. The maximum Gasteiger partial charge on any atom is 0.245 e. The van der Waals surface area contributed by atoms with Crippen molar-refractivity contribution in [3.63, 3.8) is 0 Å². The number of rotatable bonds is 5. The van der Waals surface area contributed by atoms with Crippen LogP contribution in [0.5, 0.6) is 0 Å². The lowest BCUT2D eigenvalue weighted by molar-refractivity contribution is -0.133. The normalized spacial score (nSPS) is 27.4. The topological polar surface area (TPSA) is 75.4 Å². The van der Waals surface area contributed by atoms with Crippen molar-refractivity contribution in [2.24, 2.45) is 11.7 Å². The fourth-order valence-electron chi connectivity index (χ4n) is 3.64. The molecule has 0 aromatic heterocycles. The molecule has 5 nitrogen and oxygen atoms in total. The first-order chi connectivity index (χ1) is 11.1. The summed E-state index contributed by atoms with van der Waals surface area (Å²) in [7, 11) is 0. The van der Waals surface area contributed by atoms with Crippen LogP contribution in [0.1, 0.15) is 37.7 Å². The molecule has 124 valence electrons. The summed E-state index contributed by atoms with van der Waals surface area (Å²) in [5.74, 6) is 0.261. The van der Waals surface area contributed by atoms with Crippen molar-refractivity contribution in [3.8, 4) is 0 Å². The van der Waals surface area contributed by atoms with E-state index in [2.05, 4.69) is 5.32 Å². The van der Waals surface area contributed by atoms with Crippen molar-refractivity contribution in [3.05, 3.63) is 35.9 Å². The summed E-state index contributed by atoms with van der Waals surface area (Å²) in [6.45, 7) is 1.31. The molecule has 2 fully saturated rings. The van der Waals surface area contributed by atoms with E-state index < -0.39 is 0 Å². The minimum absolute atomic E-state index is 0.0259. The lowest BCUT2D eigenvalue weighted by Crippen LogP contribution is -2.42. The average Bonchev–Trinajstić information content (AvgIpc) is 3.09. The molecule has 1 heterocycles. The second kappa shape index (κ2) is 7.13. The number of hydrogen-bond acceptors (Lipinski definition) is 3. The number of carbonyl (C=O) groups excluding carboxylic acids is 2. The predicted molar refractivity (Wildman–Crippen MR) is 88.3 cm³/mol. The number of nitrogens with two attached hydrogens (primary N) is 1. The molecule has 1 aliphatic heterocycles. The van der Waals surface area contributed by atoms with Crippen LogP contribution in [-0.2, 0) is 16.1 Å². The summed E-state index contributed by atoms with van der Waals surface area (Å²) in [5.41, 5.74) is 7.13. The van der Waals surface area contributed by atoms with E-state index in [-0.39, 0.29) is 29.8 Å². The van der Waals surface area contributed by atoms with E-state index in [1.54, 1.807) is 0 Å². The van der Waals surface area contributed by atoms with Gasteiger partial charge in [0, 0.05) is 25.6 Å². The molecule has 0 spiro atoms. The van der Waals surface area contributed by atoms with E-state index >= 15 is 0 Å². The Morgan fingerprint density at radius 3 is 2.70 bits per heavy atom. The summed E-state index contributed by atoms with van der Waals surface area (Å²) >= 11 is 0. The zero-order chi connectivity index (χ0) is 16.2. The Balaban J connectivity index is 1.49. The molecule has 23 heavy (non-hydrogen) atoms. The standard InChI is InChI=1S/C18H25N3O2/c19-15-8-4-7-14(15)11-17(22)20-16-9-10-21(18(16)23)12-13-5-2-1-3-6-13/h1-3,5-6,14-16H,4,7-12,19H2,(H,20,22)/t14-,15+,16?/m0/s1. The van der Waals surface area contributed by atoms with Crippen LogP contribution < -0.4 is 11.1 Å². The van der Waals surface area contributed by atoms with Crippen molar-refractivity contribution in [2.75, 3.05) is 6.54 Å². The lowest BCUT2D eigenvalue weighted by Gasteiger charge is -2.19. The molecule has 2 amide bonds. The highest BCUT2D eigenvalue weighted by Gasteiger charge is 2.33. The van der Waals surface area contributed by atoms with Gasteiger partial charge < -0.3 is 16.0 Å². The maximum absolute atomic E-state index is 12.4. The second-order valence-corrected chi connectivity index (χ2v) is 6.71.